The zero-order valence-corrected chi connectivity index (χ0v) is 12.0. The van der Waals surface area contributed by atoms with E-state index in [0.717, 1.165) is 6.42 Å². The highest BCUT2D eigenvalue weighted by Gasteiger charge is 2.18. The van der Waals surface area contributed by atoms with Crippen LogP contribution in [0.25, 0.3) is 0 Å². The van der Waals surface area contributed by atoms with Crippen molar-refractivity contribution in [3.05, 3.63) is 12.1 Å². The van der Waals surface area contributed by atoms with E-state index < -0.39 is 0 Å². The predicted octanol–water partition coefficient (Wildman–Crippen LogP) is 2.66. The van der Waals surface area contributed by atoms with E-state index in [9.17, 15) is 4.79 Å². The van der Waals surface area contributed by atoms with Crippen LogP contribution in [0.4, 0.5) is 0 Å². The van der Waals surface area contributed by atoms with Gasteiger partial charge in [0.1, 0.15) is 5.75 Å². The summed E-state index contributed by atoms with van der Waals surface area (Å²) in [6, 6.07) is 3.20. The van der Waals surface area contributed by atoms with Crippen LogP contribution < -0.4 is 18.9 Å². The molecule has 0 aliphatic carbocycles. The van der Waals surface area contributed by atoms with E-state index in [1.807, 2.05) is 13.8 Å². The average molecular weight is 268 g/mol. The molecule has 0 fully saturated rings. The smallest absolute Gasteiger partial charge is 0.314 e. The second kappa shape index (κ2) is 6.87. The van der Waals surface area contributed by atoms with Gasteiger partial charge in [0.15, 0.2) is 11.5 Å². The van der Waals surface area contributed by atoms with Gasteiger partial charge in [-0.2, -0.15) is 0 Å². The Bertz CT molecular complexity index is 416. The zero-order chi connectivity index (χ0) is 14.4. The Morgan fingerprint density at radius 1 is 1.11 bits per heavy atom. The second-order valence-corrected chi connectivity index (χ2v) is 4.09. The average Bonchev–Trinajstić information content (AvgIpc) is 2.44. The number of hydrogen-bond acceptors (Lipinski definition) is 5. The minimum atomic E-state index is -0.281. The van der Waals surface area contributed by atoms with Crippen LogP contribution in [0.2, 0.25) is 0 Å². The number of carbonyl (C=O) groups is 1. The highest BCUT2D eigenvalue weighted by atomic mass is 16.5. The van der Waals surface area contributed by atoms with Crippen molar-refractivity contribution in [3.63, 3.8) is 0 Å². The molecule has 0 spiro atoms. The van der Waals surface area contributed by atoms with Crippen molar-refractivity contribution in [2.45, 2.75) is 20.3 Å². The Hall–Kier alpha value is -1.91. The lowest BCUT2D eigenvalue weighted by molar-refractivity contribution is -0.138. The SMILES string of the molecule is CCC(C)C(=O)Oc1cc(OC)c(OC)c(OC)c1. The second-order valence-electron chi connectivity index (χ2n) is 4.09. The van der Waals surface area contributed by atoms with Crippen LogP contribution in [0.5, 0.6) is 23.0 Å². The van der Waals surface area contributed by atoms with Crippen LogP contribution in [0.3, 0.4) is 0 Å². The number of ether oxygens (including phenoxy) is 4. The quantitative estimate of drug-likeness (QED) is 0.586. The fourth-order valence-corrected chi connectivity index (χ4v) is 1.50. The summed E-state index contributed by atoms with van der Waals surface area (Å²) < 4.78 is 20.9. The number of rotatable bonds is 6. The van der Waals surface area contributed by atoms with Gasteiger partial charge in [-0.25, -0.2) is 0 Å². The third kappa shape index (κ3) is 3.53. The first-order chi connectivity index (χ1) is 9.07. The molecule has 0 bridgehead atoms. The Labute approximate surface area is 113 Å². The van der Waals surface area contributed by atoms with E-state index in [-0.39, 0.29) is 11.9 Å². The van der Waals surface area contributed by atoms with Gasteiger partial charge in [0.2, 0.25) is 5.75 Å². The molecule has 0 saturated heterocycles. The van der Waals surface area contributed by atoms with E-state index in [4.69, 9.17) is 18.9 Å². The summed E-state index contributed by atoms with van der Waals surface area (Å²) in [5.41, 5.74) is 0. The first-order valence-electron chi connectivity index (χ1n) is 6.09. The van der Waals surface area contributed by atoms with Gasteiger partial charge in [0.25, 0.3) is 0 Å². The van der Waals surface area contributed by atoms with Crippen molar-refractivity contribution >= 4 is 5.97 Å². The molecule has 0 aliphatic rings. The van der Waals surface area contributed by atoms with Crippen molar-refractivity contribution in [1.29, 1.82) is 0 Å². The Kier molecular flexibility index (Phi) is 5.48. The lowest BCUT2D eigenvalue weighted by atomic mass is 10.1. The third-order valence-electron chi connectivity index (χ3n) is 2.87. The van der Waals surface area contributed by atoms with E-state index in [0.29, 0.717) is 23.0 Å². The number of hydrogen-bond donors (Lipinski definition) is 0. The summed E-state index contributed by atoms with van der Waals surface area (Å²) in [6.45, 7) is 3.75. The fourth-order valence-electron chi connectivity index (χ4n) is 1.50. The summed E-state index contributed by atoms with van der Waals surface area (Å²) >= 11 is 0. The molecule has 1 aromatic carbocycles. The van der Waals surface area contributed by atoms with E-state index in [1.165, 1.54) is 21.3 Å². The van der Waals surface area contributed by atoms with Gasteiger partial charge in [-0.1, -0.05) is 13.8 Å². The molecule has 106 valence electrons. The first kappa shape index (κ1) is 15.1. The Morgan fingerprint density at radius 2 is 1.63 bits per heavy atom. The standard InChI is InChI=1S/C14H20O5/c1-6-9(2)14(15)19-10-7-11(16-3)13(18-5)12(8-10)17-4/h7-9H,6H2,1-5H3. The summed E-state index contributed by atoms with van der Waals surface area (Å²) in [5, 5.41) is 0. The number of carbonyl (C=O) groups excluding carboxylic acids is 1. The minimum absolute atomic E-state index is 0.154. The van der Waals surface area contributed by atoms with Gasteiger partial charge >= 0.3 is 5.97 Å². The largest absolute Gasteiger partial charge is 0.493 e. The van der Waals surface area contributed by atoms with E-state index in [2.05, 4.69) is 0 Å². The van der Waals surface area contributed by atoms with Crippen molar-refractivity contribution < 1.29 is 23.7 Å². The molecular formula is C14H20O5. The highest BCUT2D eigenvalue weighted by Crippen LogP contribution is 2.40. The molecule has 5 heteroatoms. The number of esters is 1. The molecule has 0 amide bonds. The van der Waals surface area contributed by atoms with Gasteiger partial charge in [0, 0.05) is 12.1 Å². The number of benzene rings is 1. The van der Waals surface area contributed by atoms with E-state index in [1.54, 1.807) is 12.1 Å². The molecule has 1 atom stereocenters. The highest BCUT2D eigenvalue weighted by molar-refractivity contribution is 5.75. The molecule has 1 rings (SSSR count). The molecule has 0 aromatic heterocycles. The lowest BCUT2D eigenvalue weighted by Crippen LogP contribution is -2.17. The minimum Gasteiger partial charge on any atom is -0.493 e. The van der Waals surface area contributed by atoms with Crippen LogP contribution in [0, 0.1) is 5.92 Å². The molecule has 0 radical (unpaired) electrons. The van der Waals surface area contributed by atoms with Gasteiger partial charge in [-0.3, -0.25) is 4.79 Å². The topological polar surface area (TPSA) is 54.0 Å². The Balaban J connectivity index is 3.06. The van der Waals surface area contributed by atoms with Crippen LogP contribution in [-0.2, 0) is 4.79 Å². The molecule has 0 N–H and O–H groups in total. The molecule has 0 saturated carbocycles. The van der Waals surface area contributed by atoms with Gasteiger partial charge in [-0.15, -0.1) is 0 Å². The molecule has 1 aromatic rings. The zero-order valence-electron chi connectivity index (χ0n) is 12.0. The van der Waals surface area contributed by atoms with Gasteiger partial charge in [-0.05, 0) is 6.42 Å². The van der Waals surface area contributed by atoms with Crippen molar-refractivity contribution in [1.82, 2.24) is 0 Å². The monoisotopic (exact) mass is 268 g/mol. The van der Waals surface area contributed by atoms with Crippen LogP contribution >= 0.6 is 0 Å². The molecular weight excluding hydrogens is 248 g/mol. The molecule has 0 aliphatic heterocycles. The number of methoxy groups -OCH3 is 3. The van der Waals surface area contributed by atoms with Crippen molar-refractivity contribution in [3.8, 4) is 23.0 Å². The van der Waals surface area contributed by atoms with Crippen LogP contribution in [-0.4, -0.2) is 27.3 Å². The predicted molar refractivity (Wildman–Crippen MR) is 71.2 cm³/mol. The fraction of sp³-hybridized carbons (Fsp3) is 0.500. The molecule has 1 unspecified atom stereocenters. The summed E-state index contributed by atoms with van der Waals surface area (Å²) in [5.74, 6) is 1.31. The van der Waals surface area contributed by atoms with Crippen LogP contribution in [0.1, 0.15) is 20.3 Å². The normalized spacial score (nSPS) is 11.6. The summed E-state index contributed by atoms with van der Waals surface area (Å²) in [6.07, 6.45) is 0.725. The van der Waals surface area contributed by atoms with E-state index >= 15 is 0 Å². The Morgan fingerprint density at radius 3 is 2.00 bits per heavy atom. The first-order valence-corrected chi connectivity index (χ1v) is 6.09. The van der Waals surface area contributed by atoms with Gasteiger partial charge < -0.3 is 18.9 Å². The lowest BCUT2D eigenvalue weighted by Gasteiger charge is -2.15. The van der Waals surface area contributed by atoms with Crippen molar-refractivity contribution in [2.75, 3.05) is 21.3 Å². The maximum atomic E-state index is 11.8. The maximum absolute atomic E-state index is 11.8. The summed E-state index contributed by atoms with van der Waals surface area (Å²) in [4.78, 5) is 11.8. The van der Waals surface area contributed by atoms with Crippen LogP contribution in [0.15, 0.2) is 12.1 Å². The maximum Gasteiger partial charge on any atom is 0.314 e. The van der Waals surface area contributed by atoms with Crippen molar-refractivity contribution in [2.24, 2.45) is 5.92 Å². The molecule has 19 heavy (non-hydrogen) atoms. The summed E-state index contributed by atoms with van der Waals surface area (Å²) in [7, 11) is 4.54. The molecule has 0 heterocycles. The third-order valence-corrected chi connectivity index (χ3v) is 2.87. The molecule has 5 nitrogen and oxygen atoms in total. The van der Waals surface area contributed by atoms with Gasteiger partial charge in [0.05, 0.1) is 27.2 Å².